The normalized spacial score (nSPS) is 24.4. The Morgan fingerprint density at radius 3 is 2.68 bits per heavy atom. The summed E-state index contributed by atoms with van der Waals surface area (Å²) in [5, 5.41) is 6.86. The van der Waals surface area contributed by atoms with Crippen molar-refractivity contribution in [3.63, 3.8) is 0 Å². The monoisotopic (exact) mass is 347 g/mol. The van der Waals surface area contributed by atoms with Crippen molar-refractivity contribution in [1.82, 2.24) is 15.4 Å². The minimum atomic E-state index is -0.268. The Morgan fingerprint density at radius 2 is 2.04 bits per heavy atom. The van der Waals surface area contributed by atoms with Crippen molar-refractivity contribution in [2.75, 3.05) is 26.2 Å². The van der Waals surface area contributed by atoms with Gasteiger partial charge in [0.15, 0.2) is 0 Å². The molecule has 0 radical (unpaired) electrons. The summed E-state index contributed by atoms with van der Waals surface area (Å²) in [7, 11) is 0. The summed E-state index contributed by atoms with van der Waals surface area (Å²) in [4.78, 5) is 26.4. The van der Waals surface area contributed by atoms with Crippen LogP contribution < -0.4 is 5.32 Å². The first-order valence-electron chi connectivity index (χ1n) is 9.08. The largest absolute Gasteiger partial charge is 0.371 e. The number of ether oxygens (including phenoxy) is 1. The van der Waals surface area contributed by atoms with Gasteiger partial charge in [0, 0.05) is 13.0 Å². The molecule has 7 nitrogen and oxygen atoms in total. The molecule has 136 valence electrons. The molecule has 1 aliphatic carbocycles. The average molecular weight is 347 g/mol. The molecule has 1 saturated carbocycles. The summed E-state index contributed by atoms with van der Waals surface area (Å²) in [6.45, 7) is 6.11. The highest BCUT2D eigenvalue weighted by Gasteiger charge is 2.52. The molecule has 1 N–H and O–H groups in total. The maximum atomic E-state index is 12.6. The Balaban J connectivity index is 1.27. The standard InChI is InChI=1S/C18H25N3O4/c1-11-16(12(2)25-20-11)17(23)21-9-18(10-21)6-14(8-24-18)5-15(22)19-7-13-3-4-13/h13-14H,3-10H2,1-2H3,(H,19,22). The number of carbonyl (C=O) groups excluding carboxylic acids is 2. The Bertz CT molecular complexity index is 669. The van der Waals surface area contributed by atoms with Crippen LogP contribution in [0.2, 0.25) is 0 Å². The van der Waals surface area contributed by atoms with E-state index < -0.39 is 0 Å². The van der Waals surface area contributed by atoms with Crippen LogP contribution in [0.5, 0.6) is 0 Å². The van der Waals surface area contributed by atoms with Gasteiger partial charge < -0.3 is 19.5 Å². The van der Waals surface area contributed by atoms with Gasteiger partial charge in [0.25, 0.3) is 5.91 Å². The van der Waals surface area contributed by atoms with Crippen LogP contribution in [-0.4, -0.2) is 53.7 Å². The van der Waals surface area contributed by atoms with Crippen molar-refractivity contribution < 1.29 is 18.8 Å². The summed E-state index contributed by atoms with van der Waals surface area (Å²) in [5.41, 5.74) is 0.917. The summed E-state index contributed by atoms with van der Waals surface area (Å²) in [6.07, 6.45) is 3.84. The smallest absolute Gasteiger partial charge is 0.259 e. The van der Waals surface area contributed by atoms with E-state index in [1.165, 1.54) is 12.8 Å². The van der Waals surface area contributed by atoms with Crippen molar-refractivity contribution in [3.05, 3.63) is 17.0 Å². The highest BCUT2D eigenvalue weighted by molar-refractivity contribution is 5.96. The fourth-order valence-corrected chi connectivity index (χ4v) is 3.94. The predicted molar refractivity (Wildman–Crippen MR) is 89.0 cm³/mol. The van der Waals surface area contributed by atoms with E-state index in [9.17, 15) is 9.59 Å². The second-order valence-electron chi connectivity index (χ2n) is 7.88. The number of carbonyl (C=O) groups is 2. The second-order valence-corrected chi connectivity index (χ2v) is 7.88. The van der Waals surface area contributed by atoms with E-state index >= 15 is 0 Å². The first kappa shape index (κ1) is 16.6. The highest BCUT2D eigenvalue weighted by atomic mass is 16.5. The van der Waals surface area contributed by atoms with Crippen LogP contribution in [0.3, 0.4) is 0 Å². The molecule has 7 heteroatoms. The Hall–Kier alpha value is -1.89. The Kier molecular flexibility index (Phi) is 4.06. The highest BCUT2D eigenvalue weighted by Crippen LogP contribution is 2.40. The lowest BCUT2D eigenvalue weighted by molar-refractivity contribution is -0.122. The van der Waals surface area contributed by atoms with Gasteiger partial charge in [0.2, 0.25) is 5.91 Å². The molecule has 2 amide bonds. The van der Waals surface area contributed by atoms with E-state index in [1.807, 2.05) is 0 Å². The molecule has 2 saturated heterocycles. The molecular formula is C18H25N3O4. The molecular weight excluding hydrogens is 322 g/mol. The SMILES string of the molecule is Cc1noc(C)c1C(=O)N1CC2(CC(CC(=O)NCC3CC3)CO2)C1. The summed E-state index contributed by atoms with van der Waals surface area (Å²) in [5.74, 6) is 1.58. The van der Waals surface area contributed by atoms with E-state index in [4.69, 9.17) is 9.26 Å². The van der Waals surface area contributed by atoms with Gasteiger partial charge in [-0.05, 0) is 44.9 Å². The first-order valence-corrected chi connectivity index (χ1v) is 9.08. The molecule has 1 unspecified atom stereocenters. The van der Waals surface area contributed by atoms with E-state index in [1.54, 1.807) is 18.7 Å². The van der Waals surface area contributed by atoms with Gasteiger partial charge in [0.1, 0.15) is 16.9 Å². The quantitative estimate of drug-likeness (QED) is 0.871. The van der Waals surface area contributed by atoms with Gasteiger partial charge in [-0.15, -0.1) is 0 Å². The Labute approximate surface area is 147 Å². The number of nitrogens with one attached hydrogen (secondary N) is 1. The number of aromatic nitrogens is 1. The number of hydrogen-bond donors (Lipinski definition) is 1. The number of aryl methyl sites for hydroxylation is 2. The molecule has 3 aliphatic rings. The van der Waals surface area contributed by atoms with E-state index in [0.717, 1.165) is 13.0 Å². The van der Waals surface area contributed by atoms with Crippen molar-refractivity contribution in [2.45, 2.75) is 45.1 Å². The zero-order chi connectivity index (χ0) is 17.6. The van der Waals surface area contributed by atoms with Crippen LogP contribution in [0.25, 0.3) is 0 Å². The molecule has 25 heavy (non-hydrogen) atoms. The molecule has 2 aliphatic heterocycles. The fraction of sp³-hybridized carbons (Fsp3) is 0.722. The Morgan fingerprint density at radius 1 is 1.28 bits per heavy atom. The predicted octanol–water partition coefficient (Wildman–Crippen LogP) is 1.44. The fourth-order valence-electron chi connectivity index (χ4n) is 3.94. The molecule has 0 bridgehead atoms. The van der Waals surface area contributed by atoms with Crippen molar-refractivity contribution in [1.29, 1.82) is 0 Å². The van der Waals surface area contributed by atoms with Crippen LogP contribution in [-0.2, 0) is 9.53 Å². The maximum absolute atomic E-state index is 12.6. The topological polar surface area (TPSA) is 84.7 Å². The third-order valence-electron chi connectivity index (χ3n) is 5.54. The number of likely N-dealkylation sites (tertiary alicyclic amines) is 1. The molecule has 3 heterocycles. The van der Waals surface area contributed by atoms with E-state index in [-0.39, 0.29) is 23.3 Å². The first-order chi connectivity index (χ1) is 12.0. The number of hydrogen-bond acceptors (Lipinski definition) is 5. The molecule has 1 atom stereocenters. The minimum absolute atomic E-state index is 0.0453. The van der Waals surface area contributed by atoms with Crippen LogP contribution in [0.4, 0.5) is 0 Å². The van der Waals surface area contributed by atoms with Gasteiger partial charge in [-0.1, -0.05) is 5.16 Å². The average Bonchev–Trinajstić information content (AvgIpc) is 3.19. The number of amides is 2. The lowest BCUT2D eigenvalue weighted by atomic mass is 9.85. The maximum Gasteiger partial charge on any atom is 0.259 e. The van der Waals surface area contributed by atoms with E-state index in [0.29, 0.717) is 49.1 Å². The van der Waals surface area contributed by atoms with Gasteiger partial charge in [-0.3, -0.25) is 9.59 Å². The third-order valence-corrected chi connectivity index (χ3v) is 5.54. The van der Waals surface area contributed by atoms with Gasteiger partial charge in [-0.2, -0.15) is 0 Å². The molecule has 1 aromatic rings. The lowest BCUT2D eigenvalue weighted by Crippen LogP contribution is -2.63. The third kappa shape index (κ3) is 3.29. The summed E-state index contributed by atoms with van der Waals surface area (Å²) >= 11 is 0. The zero-order valence-corrected chi connectivity index (χ0v) is 14.8. The van der Waals surface area contributed by atoms with Crippen LogP contribution in [0.15, 0.2) is 4.52 Å². The van der Waals surface area contributed by atoms with Gasteiger partial charge in [0.05, 0.1) is 25.4 Å². The summed E-state index contributed by atoms with van der Waals surface area (Å²) in [6, 6.07) is 0. The zero-order valence-electron chi connectivity index (χ0n) is 14.8. The van der Waals surface area contributed by atoms with Gasteiger partial charge in [-0.25, -0.2) is 0 Å². The molecule has 3 fully saturated rings. The van der Waals surface area contributed by atoms with Crippen LogP contribution >= 0.6 is 0 Å². The lowest BCUT2D eigenvalue weighted by Gasteiger charge is -2.47. The second kappa shape index (κ2) is 6.12. The van der Waals surface area contributed by atoms with Crippen molar-refractivity contribution in [2.24, 2.45) is 11.8 Å². The molecule has 0 aromatic carbocycles. The van der Waals surface area contributed by atoms with Crippen LogP contribution in [0, 0.1) is 25.7 Å². The minimum Gasteiger partial charge on any atom is -0.371 e. The number of rotatable bonds is 5. The number of nitrogens with zero attached hydrogens (tertiary/aromatic N) is 2. The van der Waals surface area contributed by atoms with Crippen molar-refractivity contribution in [3.8, 4) is 0 Å². The summed E-state index contributed by atoms with van der Waals surface area (Å²) < 4.78 is 11.1. The van der Waals surface area contributed by atoms with E-state index in [2.05, 4.69) is 10.5 Å². The molecule has 1 aromatic heterocycles. The van der Waals surface area contributed by atoms with Crippen molar-refractivity contribution >= 4 is 11.8 Å². The van der Waals surface area contributed by atoms with Gasteiger partial charge >= 0.3 is 0 Å². The molecule has 1 spiro atoms. The molecule has 4 rings (SSSR count). The van der Waals surface area contributed by atoms with Crippen LogP contribution in [0.1, 0.15) is 47.5 Å².